The summed E-state index contributed by atoms with van der Waals surface area (Å²) >= 11 is 0. The van der Waals surface area contributed by atoms with E-state index in [1.165, 1.54) is 12.8 Å². The summed E-state index contributed by atoms with van der Waals surface area (Å²) < 4.78 is 0. The summed E-state index contributed by atoms with van der Waals surface area (Å²) in [5.74, 6) is 1.18. The summed E-state index contributed by atoms with van der Waals surface area (Å²) in [5.41, 5.74) is 1.63. The van der Waals surface area contributed by atoms with Crippen LogP contribution in [0.4, 0.5) is 5.69 Å². The van der Waals surface area contributed by atoms with Gasteiger partial charge in [0.25, 0.3) is 5.91 Å². The molecule has 1 aliphatic rings. The van der Waals surface area contributed by atoms with Crippen LogP contribution in [0.1, 0.15) is 44.1 Å². The fourth-order valence-corrected chi connectivity index (χ4v) is 2.39. The fraction of sp³-hybridized carbons (Fsp3) is 0.625. The van der Waals surface area contributed by atoms with Crippen molar-refractivity contribution in [2.45, 2.75) is 33.6 Å². The number of hydrogen-bond donors (Lipinski definition) is 1. The van der Waals surface area contributed by atoms with E-state index in [4.69, 9.17) is 0 Å². The Bertz CT molecular complexity index is 451. The van der Waals surface area contributed by atoms with Gasteiger partial charge in [0.15, 0.2) is 0 Å². The van der Waals surface area contributed by atoms with E-state index in [-0.39, 0.29) is 5.91 Å². The lowest BCUT2D eigenvalue weighted by molar-refractivity contribution is 0.0944. The quantitative estimate of drug-likeness (QED) is 0.919. The molecule has 110 valence electrons. The minimum atomic E-state index is -0.0778. The van der Waals surface area contributed by atoms with Gasteiger partial charge in [-0.15, -0.1) is 0 Å². The molecule has 1 aliphatic heterocycles. The molecule has 0 aromatic carbocycles. The minimum absolute atomic E-state index is 0.0778. The number of pyridine rings is 1. The number of piperidine rings is 1. The first-order valence-electron chi connectivity index (χ1n) is 7.55. The summed E-state index contributed by atoms with van der Waals surface area (Å²) in [4.78, 5) is 18.6. The second-order valence-electron chi connectivity index (χ2n) is 6.17. The van der Waals surface area contributed by atoms with Gasteiger partial charge in [-0.2, -0.15) is 0 Å². The van der Waals surface area contributed by atoms with Crippen LogP contribution >= 0.6 is 0 Å². The minimum Gasteiger partial charge on any atom is -0.371 e. The Hall–Kier alpha value is -1.58. The van der Waals surface area contributed by atoms with Gasteiger partial charge in [0.05, 0.1) is 0 Å². The highest BCUT2D eigenvalue weighted by molar-refractivity contribution is 5.93. The molecular formula is C16H25N3O. The third-order valence-electron chi connectivity index (χ3n) is 3.80. The largest absolute Gasteiger partial charge is 0.371 e. The number of aromatic nitrogens is 1. The highest BCUT2D eigenvalue weighted by Gasteiger charge is 2.17. The summed E-state index contributed by atoms with van der Waals surface area (Å²) in [5, 5.41) is 2.92. The molecule has 4 heteroatoms. The number of anilines is 1. The van der Waals surface area contributed by atoms with Crippen LogP contribution in [0, 0.1) is 11.8 Å². The molecule has 0 spiro atoms. The molecule has 0 radical (unpaired) electrons. The van der Waals surface area contributed by atoms with Crippen molar-refractivity contribution in [2.24, 2.45) is 11.8 Å². The molecule has 0 aliphatic carbocycles. The highest BCUT2D eigenvalue weighted by atomic mass is 16.1. The van der Waals surface area contributed by atoms with Gasteiger partial charge in [-0.05, 0) is 36.8 Å². The van der Waals surface area contributed by atoms with E-state index in [2.05, 4.69) is 36.0 Å². The predicted molar refractivity (Wildman–Crippen MR) is 82.0 cm³/mol. The zero-order valence-electron chi connectivity index (χ0n) is 12.7. The van der Waals surface area contributed by atoms with E-state index in [9.17, 15) is 4.79 Å². The van der Waals surface area contributed by atoms with Crippen LogP contribution < -0.4 is 10.2 Å². The number of nitrogens with one attached hydrogen (secondary N) is 1. The standard InChI is InChI=1S/C16H25N3O/c1-12(2)11-18-16(20)15-10-14(4-7-17-15)19-8-5-13(3)6-9-19/h4,7,10,12-13H,5-6,8-9,11H2,1-3H3,(H,18,20). The molecule has 0 unspecified atom stereocenters. The number of carbonyl (C=O) groups excluding carboxylic acids is 1. The van der Waals surface area contributed by atoms with Crippen molar-refractivity contribution in [1.29, 1.82) is 0 Å². The Labute approximate surface area is 121 Å². The maximum atomic E-state index is 12.0. The molecule has 0 atom stereocenters. The average Bonchev–Trinajstić information content (AvgIpc) is 2.45. The second kappa shape index (κ2) is 6.73. The lowest BCUT2D eigenvalue weighted by Gasteiger charge is -2.32. The molecule has 0 saturated carbocycles. The lowest BCUT2D eigenvalue weighted by atomic mass is 9.99. The van der Waals surface area contributed by atoms with E-state index in [1.54, 1.807) is 6.20 Å². The number of rotatable bonds is 4. The Balaban J connectivity index is 2.02. The second-order valence-corrected chi connectivity index (χ2v) is 6.17. The molecule has 2 rings (SSSR count). The monoisotopic (exact) mass is 275 g/mol. The van der Waals surface area contributed by atoms with Crippen LogP contribution in [-0.2, 0) is 0 Å². The third kappa shape index (κ3) is 3.95. The van der Waals surface area contributed by atoms with Crippen LogP contribution in [0.15, 0.2) is 18.3 Å². The molecule has 1 amide bonds. The van der Waals surface area contributed by atoms with Crippen molar-refractivity contribution < 1.29 is 4.79 Å². The number of hydrogen-bond acceptors (Lipinski definition) is 3. The van der Waals surface area contributed by atoms with Crippen LogP contribution in [-0.4, -0.2) is 30.5 Å². The van der Waals surface area contributed by atoms with E-state index < -0.39 is 0 Å². The first kappa shape index (κ1) is 14.8. The summed E-state index contributed by atoms with van der Waals surface area (Å²) in [6, 6.07) is 3.90. The highest BCUT2D eigenvalue weighted by Crippen LogP contribution is 2.22. The van der Waals surface area contributed by atoms with Crippen LogP contribution in [0.25, 0.3) is 0 Å². The molecule has 1 aromatic heterocycles. The molecule has 20 heavy (non-hydrogen) atoms. The van der Waals surface area contributed by atoms with E-state index in [1.807, 2.05) is 12.1 Å². The normalized spacial score (nSPS) is 16.5. The van der Waals surface area contributed by atoms with Gasteiger partial charge in [0.1, 0.15) is 5.69 Å². The predicted octanol–water partition coefficient (Wildman–Crippen LogP) is 2.70. The van der Waals surface area contributed by atoms with Crippen molar-refractivity contribution >= 4 is 11.6 Å². The summed E-state index contributed by atoms with van der Waals surface area (Å²) in [7, 11) is 0. The first-order valence-corrected chi connectivity index (χ1v) is 7.55. The molecule has 4 nitrogen and oxygen atoms in total. The molecule has 2 heterocycles. The Morgan fingerprint density at radius 3 is 2.80 bits per heavy atom. The SMILES string of the molecule is CC(C)CNC(=O)c1cc(N2CCC(C)CC2)ccn1. The van der Waals surface area contributed by atoms with Crippen LogP contribution in [0.2, 0.25) is 0 Å². The zero-order chi connectivity index (χ0) is 14.5. The van der Waals surface area contributed by atoms with Gasteiger partial charge in [0.2, 0.25) is 0 Å². The Kier molecular flexibility index (Phi) is 4.99. The van der Waals surface area contributed by atoms with Crippen molar-refractivity contribution in [1.82, 2.24) is 10.3 Å². The molecule has 1 N–H and O–H groups in total. The average molecular weight is 275 g/mol. The topological polar surface area (TPSA) is 45.2 Å². The lowest BCUT2D eigenvalue weighted by Crippen LogP contribution is -2.33. The molecule has 1 saturated heterocycles. The van der Waals surface area contributed by atoms with Gasteiger partial charge in [-0.3, -0.25) is 9.78 Å². The number of nitrogens with zero attached hydrogens (tertiary/aromatic N) is 2. The van der Waals surface area contributed by atoms with Crippen molar-refractivity contribution in [3.05, 3.63) is 24.0 Å². The maximum absolute atomic E-state index is 12.0. The zero-order valence-corrected chi connectivity index (χ0v) is 12.7. The molecule has 0 bridgehead atoms. The summed E-state index contributed by atoms with van der Waals surface area (Å²) in [6.45, 7) is 9.29. The van der Waals surface area contributed by atoms with E-state index in [0.29, 0.717) is 18.2 Å². The maximum Gasteiger partial charge on any atom is 0.269 e. The molecular weight excluding hydrogens is 250 g/mol. The number of carbonyl (C=O) groups is 1. The smallest absolute Gasteiger partial charge is 0.269 e. The van der Waals surface area contributed by atoms with Crippen LogP contribution in [0.3, 0.4) is 0 Å². The summed E-state index contributed by atoms with van der Waals surface area (Å²) in [6.07, 6.45) is 4.17. The van der Waals surface area contributed by atoms with Crippen molar-refractivity contribution in [2.75, 3.05) is 24.5 Å². The molecule has 1 aromatic rings. The van der Waals surface area contributed by atoms with Gasteiger partial charge in [0, 0.05) is 31.5 Å². The fourth-order valence-electron chi connectivity index (χ4n) is 2.39. The van der Waals surface area contributed by atoms with E-state index >= 15 is 0 Å². The van der Waals surface area contributed by atoms with Crippen LogP contribution in [0.5, 0.6) is 0 Å². The van der Waals surface area contributed by atoms with Gasteiger partial charge < -0.3 is 10.2 Å². The van der Waals surface area contributed by atoms with Crippen molar-refractivity contribution in [3.63, 3.8) is 0 Å². The number of amides is 1. The Morgan fingerprint density at radius 2 is 2.15 bits per heavy atom. The third-order valence-corrected chi connectivity index (χ3v) is 3.80. The Morgan fingerprint density at radius 1 is 1.45 bits per heavy atom. The van der Waals surface area contributed by atoms with Gasteiger partial charge in [-0.1, -0.05) is 20.8 Å². The van der Waals surface area contributed by atoms with E-state index in [0.717, 1.165) is 24.7 Å². The van der Waals surface area contributed by atoms with Crippen molar-refractivity contribution in [3.8, 4) is 0 Å². The first-order chi connectivity index (χ1) is 9.56. The van der Waals surface area contributed by atoms with Gasteiger partial charge >= 0.3 is 0 Å². The molecule has 1 fully saturated rings. The van der Waals surface area contributed by atoms with Gasteiger partial charge in [-0.25, -0.2) is 0 Å².